The van der Waals surface area contributed by atoms with Gasteiger partial charge in [0.05, 0.1) is 6.04 Å². The van der Waals surface area contributed by atoms with E-state index in [0.29, 0.717) is 5.92 Å². The van der Waals surface area contributed by atoms with Gasteiger partial charge in [0.15, 0.2) is 0 Å². The first-order valence-electron chi connectivity index (χ1n) is 8.21. The number of nitrogens with zero attached hydrogens (tertiary/aromatic N) is 2. The molecule has 130 valence electrons. The van der Waals surface area contributed by atoms with Gasteiger partial charge in [0, 0.05) is 7.05 Å². The molecule has 1 heterocycles. The lowest BCUT2D eigenvalue weighted by molar-refractivity contribution is -0.131. The van der Waals surface area contributed by atoms with E-state index in [1.807, 2.05) is 19.1 Å². The first-order valence-corrected chi connectivity index (χ1v) is 8.21. The molecule has 6 nitrogen and oxygen atoms in total. The number of rotatable bonds is 6. The minimum atomic E-state index is -0.430. The van der Waals surface area contributed by atoms with Gasteiger partial charge in [-0.3, -0.25) is 14.5 Å². The van der Waals surface area contributed by atoms with Crippen LogP contribution in [-0.4, -0.2) is 47.8 Å². The first kappa shape index (κ1) is 18.0. The smallest absolute Gasteiger partial charge is 0.327 e. The van der Waals surface area contributed by atoms with Crippen LogP contribution in [0.4, 0.5) is 4.79 Å². The zero-order valence-corrected chi connectivity index (χ0v) is 14.7. The topological polar surface area (TPSA) is 69.7 Å². The molecular formula is C18H25N3O3. The third kappa shape index (κ3) is 4.34. The minimum Gasteiger partial charge on any atom is -0.348 e. The molecule has 1 unspecified atom stereocenters. The Balaban J connectivity index is 1.91. The van der Waals surface area contributed by atoms with E-state index in [2.05, 4.69) is 31.3 Å². The third-order valence-electron chi connectivity index (χ3n) is 4.03. The molecule has 0 spiro atoms. The molecule has 1 fully saturated rings. The number of imide groups is 1. The quantitative estimate of drug-likeness (QED) is 0.810. The highest BCUT2D eigenvalue weighted by Crippen LogP contribution is 2.16. The Labute approximate surface area is 142 Å². The molecule has 1 atom stereocenters. The summed E-state index contributed by atoms with van der Waals surface area (Å²) < 4.78 is 0. The summed E-state index contributed by atoms with van der Waals surface area (Å²) in [5, 5.41) is 2.84. The SMILES string of the molecule is CC(C)Cc1ccc(C(C)NC(=O)CN2C(=O)CN(C)C2=O)cc1. The summed E-state index contributed by atoms with van der Waals surface area (Å²) in [5.41, 5.74) is 2.26. The molecule has 24 heavy (non-hydrogen) atoms. The molecule has 1 saturated heterocycles. The van der Waals surface area contributed by atoms with Crippen molar-refractivity contribution in [3.63, 3.8) is 0 Å². The molecule has 0 saturated carbocycles. The lowest BCUT2D eigenvalue weighted by Gasteiger charge is -2.18. The van der Waals surface area contributed by atoms with Crippen molar-refractivity contribution < 1.29 is 14.4 Å². The summed E-state index contributed by atoms with van der Waals surface area (Å²) in [7, 11) is 1.54. The number of hydrogen-bond donors (Lipinski definition) is 1. The molecule has 4 amide bonds. The molecule has 0 radical (unpaired) electrons. The highest BCUT2D eigenvalue weighted by molar-refractivity contribution is 6.04. The molecule has 1 aliphatic rings. The Kier molecular flexibility index (Phi) is 5.59. The number of benzene rings is 1. The second-order valence-electron chi connectivity index (χ2n) is 6.75. The lowest BCUT2D eigenvalue weighted by atomic mass is 10.00. The molecule has 2 rings (SSSR count). The number of amides is 4. The average Bonchev–Trinajstić information content (AvgIpc) is 2.73. The average molecular weight is 331 g/mol. The van der Waals surface area contributed by atoms with E-state index in [9.17, 15) is 14.4 Å². The van der Waals surface area contributed by atoms with Crippen molar-refractivity contribution in [2.45, 2.75) is 33.2 Å². The highest BCUT2D eigenvalue weighted by Gasteiger charge is 2.34. The molecule has 1 aromatic carbocycles. The zero-order chi connectivity index (χ0) is 17.9. The first-order chi connectivity index (χ1) is 11.3. The Morgan fingerprint density at radius 1 is 1.17 bits per heavy atom. The monoisotopic (exact) mass is 331 g/mol. The van der Waals surface area contributed by atoms with Gasteiger partial charge in [-0.05, 0) is 30.4 Å². The van der Waals surface area contributed by atoms with Crippen molar-refractivity contribution in [3.05, 3.63) is 35.4 Å². The number of carbonyl (C=O) groups is 3. The Bertz CT molecular complexity index is 625. The van der Waals surface area contributed by atoms with Gasteiger partial charge in [-0.15, -0.1) is 0 Å². The van der Waals surface area contributed by atoms with Crippen LogP contribution >= 0.6 is 0 Å². The van der Waals surface area contributed by atoms with Crippen molar-refractivity contribution in [1.29, 1.82) is 0 Å². The van der Waals surface area contributed by atoms with Crippen LogP contribution in [0.1, 0.15) is 37.9 Å². The maximum absolute atomic E-state index is 12.1. The molecular weight excluding hydrogens is 306 g/mol. The molecule has 0 aromatic heterocycles. The largest absolute Gasteiger partial charge is 0.348 e. The van der Waals surface area contributed by atoms with E-state index in [4.69, 9.17) is 0 Å². The van der Waals surface area contributed by atoms with E-state index in [1.165, 1.54) is 10.5 Å². The van der Waals surface area contributed by atoms with Crippen LogP contribution in [0.25, 0.3) is 0 Å². The van der Waals surface area contributed by atoms with Crippen LogP contribution in [0.15, 0.2) is 24.3 Å². The Morgan fingerprint density at radius 2 is 1.79 bits per heavy atom. The molecule has 0 aliphatic carbocycles. The fourth-order valence-corrected chi connectivity index (χ4v) is 2.75. The number of carbonyl (C=O) groups excluding carboxylic acids is 3. The Morgan fingerprint density at radius 3 is 2.29 bits per heavy atom. The van der Waals surface area contributed by atoms with Gasteiger partial charge in [-0.2, -0.15) is 0 Å². The second-order valence-corrected chi connectivity index (χ2v) is 6.75. The summed E-state index contributed by atoms with van der Waals surface area (Å²) >= 11 is 0. The van der Waals surface area contributed by atoms with Crippen LogP contribution in [-0.2, 0) is 16.0 Å². The maximum atomic E-state index is 12.1. The summed E-state index contributed by atoms with van der Waals surface area (Å²) in [6.45, 7) is 6.02. The van der Waals surface area contributed by atoms with Gasteiger partial charge in [0.2, 0.25) is 5.91 Å². The van der Waals surface area contributed by atoms with Crippen molar-refractivity contribution in [2.24, 2.45) is 5.92 Å². The predicted octanol–water partition coefficient (Wildman–Crippen LogP) is 1.96. The van der Waals surface area contributed by atoms with Gasteiger partial charge in [-0.25, -0.2) is 4.79 Å². The third-order valence-corrected chi connectivity index (χ3v) is 4.03. The number of nitrogens with one attached hydrogen (secondary N) is 1. The molecule has 1 aliphatic heterocycles. The second kappa shape index (κ2) is 7.47. The van der Waals surface area contributed by atoms with E-state index < -0.39 is 6.03 Å². The zero-order valence-electron chi connectivity index (χ0n) is 14.7. The van der Waals surface area contributed by atoms with Crippen molar-refractivity contribution in [1.82, 2.24) is 15.1 Å². The number of likely N-dealkylation sites (N-methyl/N-ethyl adjacent to an activating group) is 1. The van der Waals surface area contributed by atoms with E-state index in [1.54, 1.807) is 7.05 Å². The molecule has 1 N–H and O–H groups in total. The van der Waals surface area contributed by atoms with Gasteiger partial charge < -0.3 is 10.2 Å². The normalized spacial score (nSPS) is 16.0. The van der Waals surface area contributed by atoms with Gasteiger partial charge in [0.1, 0.15) is 13.1 Å². The fraction of sp³-hybridized carbons (Fsp3) is 0.500. The maximum Gasteiger partial charge on any atom is 0.327 e. The predicted molar refractivity (Wildman–Crippen MR) is 91.3 cm³/mol. The summed E-state index contributed by atoms with van der Waals surface area (Å²) in [4.78, 5) is 37.9. The van der Waals surface area contributed by atoms with Crippen molar-refractivity contribution in [2.75, 3.05) is 20.1 Å². The Hall–Kier alpha value is -2.37. The number of urea groups is 1. The van der Waals surface area contributed by atoms with Gasteiger partial charge >= 0.3 is 6.03 Å². The van der Waals surface area contributed by atoms with Crippen LogP contribution < -0.4 is 5.32 Å². The number of hydrogen-bond acceptors (Lipinski definition) is 3. The van der Waals surface area contributed by atoms with Gasteiger partial charge in [0.25, 0.3) is 5.91 Å². The van der Waals surface area contributed by atoms with Crippen LogP contribution in [0.5, 0.6) is 0 Å². The summed E-state index contributed by atoms with van der Waals surface area (Å²) in [6.07, 6.45) is 1.02. The minimum absolute atomic E-state index is 0.0268. The standard InChI is InChI=1S/C18H25N3O3/c1-12(2)9-14-5-7-15(8-6-14)13(3)19-16(22)10-21-17(23)11-20(4)18(21)24/h5-8,12-13H,9-11H2,1-4H3,(H,19,22). The lowest BCUT2D eigenvalue weighted by Crippen LogP contribution is -2.41. The summed E-state index contributed by atoms with van der Waals surface area (Å²) in [6, 6.07) is 7.53. The van der Waals surface area contributed by atoms with Crippen molar-refractivity contribution >= 4 is 17.8 Å². The highest BCUT2D eigenvalue weighted by atomic mass is 16.2. The fourth-order valence-electron chi connectivity index (χ4n) is 2.75. The van der Waals surface area contributed by atoms with Crippen molar-refractivity contribution in [3.8, 4) is 0 Å². The van der Waals surface area contributed by atoms with Gasteiger partial charge in [-0.1, -0.05) is 38.1 Å². The molecule has 0 bridgehead atoms. The molecule has 1 aromatic rings. The van der Waals surface area contributed by atoms with E-state index >= 15 is 0 Å². The molecule has 6 heteroatoms. The van der Waals surface area contributed by atoms with Crippen LogP contribution in [0, 0.1) is 5.92 Å². The van der Waals surface area contributed by atoms with Crippen LogP contribution in [0.3, 0.4) is 0 Å². The van der Waals surface area contributed by atoms with E-state index in [-0.39, 0.29) is 30.9 Å². The summed E-state index contributed by atoms with van der Waals surface area (Å²) in [5.74, 6) is -0.0873. The van der Waals surface area contributed by atoms with E-state index in [0.717, 1.165) is 16.9 Å². The van der Waals surface area contributed by atoms with Crippen LogP contribution in [0.2, 0.25) is 0 Å².